The van der Waals surface area contributed by atoms with Gasteiger partial charge in [-0.3, -0.25) is 0 Å². The number of carboxylic acid groups (broad SMARTS) is 1. The monoisotopic (exact) mass is 371 g/mol. The van der Waals surface area contributed by atoms with E-state index in [2.05, 4.69) is 15.3 Å². The van der Waals surface area contributed by atoms with Gasteiger partial charge < -0.3 is 19.9 Å². The second-order valence-electron chi connectivity index (χ2n) is 4.26. The highest BCUT2D eigenvalue weighted by atomic mass is 35.5. The molecule has 0 atom stereocenters. The van der Waals surface area contributed by atoms with E-state index in [1.165, 1.54) is 26.4 Å². The second kappa shape index (κ2) is 9.96. The predicted molar refractivity (Wildman–Crippen MR) is 92.7 cm³/mol. The molecular weight excluding hydrogens is 354 g/mol. The average molecular weight is 372 g/mol. The van der Waals surface area contributed by atoms with Crippen LogP contribution in [0.5, 0.6) is 11.8 Å². The fraction of sp³-hybridized carbons (Fsp3) is 0.267. The molecule has 24 heavy (non-hydrogen) atoms. The van der Waals surface area contributed by atoms with Gasteiger partial charge in [0.25, 0.3) is 0 Å². The number of aromatic nitrogens is 2. The van der Waals surface area contributed by atoms with Crippen molar-refractivity contribution in [1.29, 1.82) is 0 Å². The van der Waals surface area contributed by atoms with Gasteiger partial charge >= 0.3 is 5.97 Å². The number of aromatic carboxylic acids is 1. The van der Waals surface area contributed by atoms with Crippen molar-refractivity contribution in [1.82, 2.24) is 15.3 Å². The van der Waals surface area contributed by atoms with Crippen molar-refractivity contribution >= 4 is 29.3 Å². The van der Waals surface area contributed by atoms with Gasteiger partial charge in [0.05, 0.1) is 30.9 Å². The van der Waals surface area contributed by atoms with E-state index in [1.54, 1.807) is 12.1 Å². The topological polar surface area (TPSA) is 93.6 Å². The van der Waals surface area contributed by atoms with Gasteiger partial charge in [0, 0.05) is 4.90 Å². The molecule has 0 saturated carbocycles. The predicted octanol–water partition coefficient (Wildman–Crippen LogP) is 2.83. The Morgan fingerprint density at radius 3 is 2.21 bits per heavy atom. The molecule has 2 rings (SSSR count). The van der Waals surface area contributed by atoms with E-state index < -0.39 is 5.97 Å². The third kappa shape index (κ3) is 5.55. The fourth-order valence-corrected chi connectivity index (χ4v) is 2.76. The van der Waals surface area contributed by atoms with Crippen molar-refractivity contribution in [2.75, 3.05) is 28.3 Å². The second-order valence-corrected chi connectivity index (χ2v) is 5.67. The van der Waals surface area contributed by atoms with Crippen molar-refractivity contribution in [3.63, 3.8) is 0 Å². The summed E-state index contributed by atoms with van der Waals surface area (Å²) in [5, 5.41) is 12.4. The molecule has 0 bridgehead atoms. The fourth-order valence-electron chi connectivity index (χ4n) is 1.53. The van der Waals surface area contributed by atoms with Crippen LogP contribution in [-0.4, -0.2) is 49.4 Å². The van der Waals surface area contributed by atoms with Crippen LogP contribution in [0.15, 0.2) is 34.3 Å². The van der Waals surface area contributed by atoms with E-state index >= 15 is 0 Å². The van der Waals surface area contributed by atoms with E-state index in [9.17, 15) is 9.90 Å². The van der Waals surface area contributed by atoms with E-state index in [4.69, 9.17) is 21.1 Å². The van der Waals surface area contributed by atoms with Crippen LogP contribution in [0.2, 0.25) is 5.02 Å². The van der Waals surface area contributed by atoms with Crippen LogP contribution < -0.4 is 14.8 Å². The van der Waals surface area contributed by atoms with Crippen LogP contribution in [0, 0.1) is 0 Å². The normalized spacial score (nSPS) is 9.71. The highest BCUT2D eigenvalue weighted by molar-refractivity contribution is 7.99. The van der Waals surface area contributed by atoms with Crippen molar-refractivity contribution in [2.45, 2.75) is 10.1 Å². The molecule has 130 valence electrons. The maximum absolute atomic E-state index is 11.3. The number of nitrogens with one attached hydrogen (secondary N) is 1. The van der Waals surface area contributed by atoms with Crippen LogP contribution in [0.25, 0.3) is 0 Å². The molecule has 1 heterocycles. The zero-order valence-electron chi connectivity index (χ0n) is 13.7. The third-order valence-electron chi connectivity index (χ3n) is 2.47. The van der Waals surface area contributed by atoms with Crippen molar-refractivity contribution in [2.24, 2.45) is 0 Å². The minimum absolute atomic E-state index is 0.00885. The Hall–Kier alpha value is -2.03. The molecule has 0 aliphatic heterocycles. The molecule has 7 nitrogen and oxygen atoms in total. The smallest absolute Gasteiger partial charge is 0.338 e. The first kappa shape index (κ1) is 20.0. The summed E-state index contributed by atoms with van der Waals surface area (Å²) in [5.74, 6) is -0.468. The molecule has 0 aliphatic carbocycles. The molecule has 1 aromatic heterocycles. The average Bonchev–Trinajstić information content (AvgIpc) is 2.54. The van der Waals surface area contributed by atoms with Crippen LogP contribution >= 0.6 is 23.4 Å². The maximum Gasteiger partial charge on any atom is 0.338 e. The van der Waals surface area contributed by atoms with Crippen LogP contribution in [0.3, 0.4) is 0 Å². The summed E-state index contributed by atoms with van der Waals surface area (Å²) >= 11 is 6.99. The Bertz CT molecular complexity index is 678. The Labute approximate surface area is 149 Å². The van der Waals surface area contributed by atoms with Gasteiger partial charge in [-0.2, -0.15) is 9.97 Å². The molecule has 0 unspecified atom stereocenters. The van der Waals surface area contributed by atoms with Gasteiger partial charge in [-0.15, -0.1) is 0 Å². The number of carbonyl (C=O) groups is 1. The van der Waals surface area contributed by atoms with Crippen molar-refractivity contribution < 1.29 is 19.4 Å². The van der Waals surface area contributed by atoms with Gasteiger partial charge in [-0.05, 0) is 38.0 Å². The summed E-state index contributed by atoms with van der Waals surface area (Å²) in [4.78, 5) is 20.0. The first-order chi connectivity index (χ1) is 11.5. The lowest BCUT2D eigenvalue weighted by molar-refractivity contribution is 0.0693. The Morgan fingerprint density at radius 2 is 1.75 bits per heavy atom. The lowest BCUT2D eigenvalue weighted by Crippen LogP contribution is -2.01. The molecule has 0 aliphatic rings. The minimum atomic E-state index is -1.11. The molecule has 0 fully saturated rings. The number of ether oxygens (including phenoxy) is 2. The molecule has 0 saturated heterocycles. The summed E-state index contributed by atoms with van der Waals surface area (Å²) in [6.45, 7) is 0. The molecule has 1 aromatic carbocycles. The molecule has 2 N–H and O–H groups in total. The summed E-state index contributed by atoms with van der Waals surface area (Å²) in [6, 6.07) is 6.34. The zero-order valence-corrected chi connectivity index (χ0v) is 15.2. The number of hydrogen-bond acceptors (Lipinski definition) is 7. The van der Waals surface area contributed by atoms with E-state index in [-0.39, 0.29) is 10.6 Å². The number of carboxylic acids is 1. The van der Waals surface area contributed by atoms with E-state index in [0.717, 1.165) is 11.8 Å². The highest BCUT2D eigenvalue weighted by Crippen LogP contribution is 2.33. The van der Waals surface area contributed by atoms with Crippen LogP contribution in [0.4, 0.5) is 0 Å². The van der Waals surface area contributed by atoms with Crippen LogP contribution in [0.1, 0.15) is 10.4 Å². The number of rotatable bonds is 5. The summed E-state index contributed by atoms with van der Waals surface area (Å²) < 4.78 is 10.1. The lowest BCUT2D eigenvalue weighted by atomic mass is 10.2. The Kier molecular flexibility index (Phi) is 8.31. The molecule has 9 heteroatoms. The first-order valence-electron chi connectivity index (χ1n) is 6.72. The standard InChI is InChI=1S/C13H11ClN2O4S.C2H7N/c1-19-9-6-10(20-2)16-13(15-9)21-8-5-3-4-7(14)11(8)12(17)18;1-3-2/h3-6H,1-2H3,(H,17,18);3H,1-2H3. The van der Waals surface area contributed by atoms with E-state index in [0.29, 0.717) is 21.8 Å². The largest absolute Gasteiger partial charge is 0.481 e. The zero-order chi connectivity index (χ0) is 18.1. The lowest BCUT2D eigenvalue weighted by Gasteiger charge is -2.08. The number of benzene rings is 1. The van der Waals surface area contributed by atoms with E-state index in [1.807, 2.05) is 14.1 Å². The third-order valence-corrected chi connectivity index (χ3v) is 3.71. The minimum Gasteiger partial charge on any atom is -0.481 e. The Morgan fingerprint density at radius 1 is 1.21 bits per heavy atom. The van der Waals surface area contributed by atoms with Gasteiger partial charge in [-0.1, -0.05) is 17.7 Å². The van der Waals surface area contributed by atoms with Gasteiger partial charge in [-0.25, -0.2) is 4.79 Å². The number of halogens is 1. The van der Waals surface area contributed by atoms with Crippen molar-refractivity contribution in [3.8, 4) is 11.8 Å². The summed E-state index contributed by atoms with van der Waals surface area (Å²) in [7, 11) is 6.69. The molecule has 2 aromatic rings. The highest BCUT2D eigenvalue weighted by Gasteiger charge is 2.17. The van der Waals surface area contributed by atoms with Gasteiger partial charge in [0.2, 0.25) is 11.8 Å². The number of nitrogens with zero attached hydrogens (tertiary/aromatic N) is 2. The molecule has 0 radical (unpaired) electrons. The number of hydrogen-bond donors (Lipinski definition) is 2. The maximum atomic E-state index is 11.3. The Balaban J connectivity index is 0.000000891. The van der Waals surface area contributed by atoms with Crippen LogP contribution in [-0.2, 0) is 0 Å². The van der Waals surface area contributed by atoms with Crippen molar-refractivity contribution in [3.05, 3.63) is 34.9 Å². The molecule has 0 spiro atoms. The number of methoxy groups -OCH3 is 2. The quantitative estimate of drug-likeness (QED) is 0.775. The first-order valence-corrected chi connectivity index (χ1v) is 7.91. The molecular formula is C15H18ClN3O4S. The SMILES string of the molecule is CNC.COc1cc(OC)nc(Sc2cccc(Cl)c2C(=O)O)n1. The summed E-state index contributed by atoms with van der Waals surface area (Å²) in [5.41, 5.74) is 0.00885. The molecule has 0 amide bonds. The summed E-state index contributed by atoms with van der Waals surface area (Å²) in [6.07, 6.45) is 0. The van der Waals surface area contributed by atoms with Gasteiger partial charge in [0.1, 0.15) is 0 Å². The van der Waals surface area contributed by atoms with Gasteiger partial charge in [0.15, 0.2) is 5.16 Å².